The van der Waals surface area contributed by atoms with E-state index in [0.29, 0.717) is 18.1 Å². The standard InChI is InChI=1S/C16H24O2.C2H6/c1-12(10-16(3,4)5)11-18-15(17)14-9-7-6-8-13(14)2;1-2/h6-9,12H,10-11H2,1-5H3;1-2H3. The van der Waals surface area contributed by atoms with Gasteiger partial charge in [0.05, 0.1) is 12.2 Å². The molecule has 2 heteroatoms. The predicted octanol–water partition coefficient (Wildman–Crippen LogP) is 5.25. The molecule has 1 atom stereocenters. The van der Waals surface area contributed by atoms with E-state index in [4.69, 9.17) is 4.74 Å². The Kier molecular flexibility index (Phi) is 8.21. The van der Waals surface area contributed by atoms with Gasteiger partial charge in [0.25, 0.3) is 0 Å². The van der Waals surface area contributed by atoms with Crippen LogP contribution in [0.5, 0.6) is 0 Å². The molecule has 0 spiro atoms. The molecule has 1 aromatic rings. The fraction of sp³-hybridized carbons (Fsp3) is 0.611. The third-order valence-electron chi connectivity index (χ3n) is 2.82. The molecule has 0 heterocycles. The van der Waals surface area contributed by atoms with Crippen LogP contribution < -0.4 is 0 Å². The molecule has 0 aliphatic heterocycles. The maximum absolute atomic E-state index is 11.9. The van der Waals surface area contributed by atoms with Gasteiger partial charge in [-0.15, -0.1) is 0 Å². The van der Waals surface area contributed by atoms with Crippen molar-refractivity contribution in [2.24, 2.45) is 11.3 Å². The van der Waals surface area contributed by atoms with Crippen LogP contribution in [-0.4, -0.2) is 12.6 Å². The topological polar surface area (TPSA) is 26.3 Å². The minimum absolute atomic E-state index is 0.214. The Morgan fingerprint density at radius 3 is 2.25 bits per heavy atom. The zero-order valence-corrected chi connectivity index (χ0v) is 14.1. The lowest BCUT2D eigenvalue weighted by atomic mass is 9.86. The fourth-order valence-corrected chi connectivity index (χ4v) is 2.20. The van der Waals surface area contributed by atoms with Crippen LogP contribution in [0.25, 0.3) is 0 Å². The van der Waals surface area contributed by atoms with Crippen LogP contribution in [0.2, 0.25) is 0 Å². The Labute approximate surface area is 124 Å². The number of aryl methyl sites for hydroxylation is 1. The van der Waals surface area contributed by atoms with E-state index < -0.39 is 0 Å². The van der Waals surface area contributed by atoms with Crippen molar-refractivity contribution >= 4 is 5.97 Å². The number of hydrogen-bond donors (Lipinski definition) is 0. The molecular formula is C18H30O2. The molecule has 1 rings (SSSR count). The van der Waals surface area contributed by atoms with Gasteiger partial charge in [0, 0.05) is 0 Å². The third kappa shape index (κ3) is 7.32. The summed E-state index contributed by atoms with van der Waals surface area (Å²) in [5.41, 5.74) is 1.90. The van der Waals surface area contributed by atoms with Crippen LogP contribution in [-0.2, 0) is 4.74 Å². The highest BCUT2D eigenvalue weighted by Crippen LogP contribution is 2.24. The molecule has 0 saturated heterocycles. The van der Waals surface area contributed by atoms with Crippen LogP contribution in [0.1, 0.15) is 63.9 Å². The number of ether oxygens (including phenoxy) is 1. The zero-order valence-electron chi connectivity index (χ0n) is 14.1. The highest BCUT2D eigenvalue weighted by molar-refractivity contribution is 5.90. The van der Waals surface area contributed by atoms with Crippen LogP contribution >= 0.6 is 0 Å². The number of hydrogen-bond acceptors (Lipinski definition) is 2. The molecule has 0 aliphatic rings. The second-order valence-corrected chi connectivity index (χ2v) is 6.28. The minimum atomic E-state index is -0.214. The molecule has 0 radical (unpaired) electrons. The Morgan fingerprint density at radius 1 is 1.20 bits per heavy atom. The van der Waals surface area contributed by atoms with E-state index in [1.54, 1.807) is 0 Å². The first-order valence-electron chi connectivity index (χ1n) is 7.52. The van der Waals surface area contributed by atoms with Gasteiger partial charge in [0.1, 0.15) is 0 Å². The second-order valence-electron chi connectivity index (χ2n) is 6.28. The van der Waals surface area contributed by atoms with E-state index in [9.17, 15) is 4.79 Å². The molecule has 0 fully saturated rings. The molecule has 0 bridgehead atoms. The normalized spacial score (nSPS) is 12.2. The van der Waals surface area contributed by atoms with Crippen molar-refractivity contribution in [1.29, 1.82) is 0 Å². The summed E-state index contributed by atoms with van der Waals surface area (Å²) in [6.45, 7) is 15.1. The van der Waals surface area contributed by atoms with Crippen LogP contribution in [0, 0.1) is 18.3 Å². The van der Waals surface area contributed by atoms with E-state index in [2.05, 4.69) is 27.7 Å². The first-order chi connectivity index (χ1) is 9.29. The number of esters is 1. The summed E-state index contributed by atoms with van der Waals surface area (Å²) in [7, 11) is 0. The van der Waals surface area contributed by atoms with Crippen molar-refractivity contribution in [2.45, 2.75) is 54.9 Å². The van der Waals surface area contributed by atoms with Crippen molar-refractivity contribution in [2.75, 3.05) is 6.61 Å². The first-order valence-corrected chi connectivity index (χ1v) is 7.52. The second kappa shape index (κ2) is 8.78. The van der Waals surface area contributed by atoms with Crippen molar-refractivity contribution in [3.05, 3.63) is 35.4 Å². The Hall–Kier alpha value is -1.31. The largest absolute Gasteiger partial charge is 0.462 e. The molecule has 0 amide bonds. The fourth-order valence-electron chi connectivity index (χ4n) is 2.20. The molecule has 0 aliphatic carbocycles. The SMILES string of the molecule is CC.Cc1ccccc1C(=O)OCC(C)CC(C)(C)C. The van der Waals surface area contributed by atoms with Crippen LogP contribution in [0.4, 0.5) is 0 Å². The molecule has 2 nitrogen and oxygen atoms in total. The van der Waals surface area contributed by atoms with Crippen molar-refractivity contribution in [1.82, 2.24) is 0 Å². The zero-order chi connectivity index (χ0) is 15.8. The van der Waals surface area contributed by atoms with Crippen molar-refractivity contribution in [3.63, 3.8) is 0 Å². The van der Waals surface area contributed by atoms with E-state index >= 15 is 0 Å². The van der Waals surface area contributed by atoms with Gasteiger partial charge >= 0.3 is 5.97 Å². The predicted molar refractivity (Wildman–Crippen MR) is 86.0 cm³/mol. The van der Waals surface area contributed by atoms with E-state index in [0.717, 1.165) is 12.0 Å². The average Bonchev–Trinajstić information content (AvgIpc) is 2.37. The molecule has 0 saturated carbocycles. The summed E-state index contributed by atoms with van der Waals surface area (Å²) in [6.07, 6.45) is 1.05. The van der Waals surface area contributed by atoms with Gasteiger partial charge < -0.3 is 4.74 Å². The number of carbonyl (C=O) groups is 1. The summed E-state index contributed by atoms with van der Waals surface area (Å²) in [4.78, 5) is 11.9. The number of carbonyl (C=O) groups excluding carboxylic acids is 1. The first kappa shape index (κ1) is 18.7. The highest BCUT2D eigenvalue weighted by Gasteiger charge is 2.17. The van der Waals surface area contributed by atoms with Gasteiger partial charge in [0.15, 0.2) is 0 Å². The molecular weight excluding hydrogens is 248 g/mol. The minimum Gasteiger partial charge on any atom is -0.462 e. The smallest absolute Gasteiger partial charge is 0.338 e. The molecule has 0 aromatic heterocycles. The number of benzene rings is 1. The third-order valence-corrected chi connectivity index (χ3v) is 2.82. The molecule has 1 aromatic carbocycles. The van der Waals surface area contributed by atoms with Gasteiger partial charge in [-0.3, -0.25) is 0 Å². The maximum atomic E-state index is 11.9. The van der Waals surface area contributed by atoms with Crippen molar-refractivity contribution < 1.29 is 9.53 Å². The van der Waals surface area contributed by atoms with Gasteiger partial charge in [-0.2, -0.15) is 0 Å². The van der Waals surface area contributed by atoms with Gasteiger partial charge in [-0.1, -0.05) is 59.7 Å². The van der Waals surface area contributed by atoms with Crippen LogP contribution in [0.15, 0.2) is 24.3 Å². The molecule has 1 unspecified atom stereocenters. The van der Waals surface area contributed by atoms with E-state index in [-0.39, 0.29) is 11.4 Å². The summed E-state index contributed by atoms with van der Waals surface area (Å²) in [6, 6.07) is 7.53. The van der Waals surface area contributed by atoms with Gasteiger partial charge in [-0.25, -0.2) is 4.79 Å². The summed E-state index contributed by atoms with van der Waals surface area (Å²) in [5.74, 6) is 0.173. The van der Waals surface area contributed by atoms with Gasteiger partial charge in [0.2, 0.25) is 0 Å². The lowest BCUT2D eigenvalue weighted by Crippen LogP contribution is -2.18. The van der Waals surface area contributed by atoms with E-state index in [1.807, 2.05) is 45.0 Å². The molecule has 20 heavy (non-hydrogen) atoms. The quantitative estimate of drug-likeness (QED) is 0.703. The lowest BCUT2D eigenvalue weighted by Gasteiger charge is -2.23. The Balaban J connectivity index is 0.00000172. The van der Waals surface area contributed by atoms with Crippen LogP contribution in [0.3, 0.4) is 0 Å². The Morgan fingerprint density at radius 2 is 1.75 bits per heavy atom. The Bertz CT molecular complexity index is 402. The van der Waals surface area contributed by atoms with Gasteiger partial charge in [-0.05, 0) is 36.3 Å². The highest BCUT2D eigenvalue weighted by atomic mass is 16.5. The molecule has 114 valence electrons. The van der Waals surface area contributed by atoms with Crippen molar-refractivity contribution in [3.8, 4) is 0 Å². The molecule has 0 N–H and O–H groups in total. The maximum Gasteiger partial charge on any atom is 0.338 e. The summed E-state index contributed by atoms with van der Waals surface area (Å²) < 4.78 is 5.38. The van der Waals surface area contributed by atoms with E-state index in [1.165, 1.54) is 0 Å². The average molecular weight is 278 g/mol. The lowest BCUT2D eigenvalue weighted by molar-refractivity contribution is 0.0420. The summed E-state index contributed by atoms with van der Waals surface area (Å²) >= 11 is 0. The number of rotatable bonds is 4. The monoisotopic (exact) mass is 278 g/mol. The summed E-state index contributed by atoms with van der Waals surface area (Å²) in [5, 5.41) is 0.